The van der Waals surface area contributed by atoms with Gasteiger partial charge in [0.1, 0.15) is 17.2 Å². The molecular weight excluding hydrogens is 437 g/mol. The zero-order valence-electron chi connectivity index (χ0n) is 17.3. The molecule has 1 aliphatic rings. The second kappa shape index (κ2) is 7.58. The third-order valence-corrected chi connectivity index (χ3v) is 5.86. The van der Waals surface area contributed by atoms with E-state index < -0.39 is 34.9 Å². The number of hydrogen-bond donors (Lipinski definition) is 1. The molecule has 0 radical (unpaired) electrons. The first-order valence-electron chi connectivity index (χ1n) is 10.1. The SMILES string of the molecule is Cc1ccccc1C1(c2noc(-c3cc(C(F)F)nn3-c3ccc(F)c(C(=O)O)c3)n2)CC1. The molecule has 0 saturated heterocycles. The normalized spacial score (nSPS) is 14.6. The van der Waals surface area contributed by atoms with E-state index in [-0.39, 0.29) is 17.3 Å². The molecule has 0 amide bonds. The smallest absolute Gasteiger partial charge is 0.338 e. The summed E-state index contributed by atoms with van der Waals surface area (Å²) in [6.45, 7) is 1.99. The lowest BCUT2D eigenvalue weighted by Crippen LogP contribution is -2.12. The summed E-state index contributed by atoms with van der Waals surface area (Å²) in [7, 11) is 0. The molecule has 0 unspecified atom stereocenters. The Morgan fingerprint density at radius 3 is 2.61 bits per heavy atom. The van der Waals surface area contributed by atoms with Gasteiger partial charge in [0.25, 0.3) is 12.3 Å². The van der Waals surface area contributed by atoms with Crippen LogP contribution in [0.2, 0.25) is 0 Å². The zero-order chi connectivity index (χ0) is 23.3. The third-order valence-electron chi connectivity index (χ3n) is 5.86. The first kappa shape index (κ1) is 20.9. The van der Waals surface area contributed by atoms with E-state index in [1.54, 1.807) is 0 Å². The van der Waals surface area contributed by atoms with Crippen molar-refractivity contribution in [2.45, 2.75) is 31.6 Å². The number of halogens is 3. The summed E-state index contributed by atoms with van der Waals surface area (Å²) >= 11 is 0. The summed E-state index contributed by atoms with van der Waals surface area (Å²) in [6.07, 6.45) is -1.26. The fraction of sp³-hybridized carbons (Fsp3) is 0.217. The quantitative estimate of drug-likeness (QED) is 0.436. The van der Waals surface area contributed by atoms with Gasteiger partial charge in [0.2, 0.25) is 0 Å². The van der Waals surface area contributed by atoms with Crippen molar-refractivity contribution in [1.82, 2.24) is 19.9 Å². The van der Waals surface area contributed by atoms with Gasteiger partial charge in [-0.25, -0.2) is 22.6 Å². The zero-order valence-corrected chi connectivity index (χ0v) is 17.3. The summed E-state index contributed by atoms with van der Waals surface area (Å²) in [6, 6.07) is 12.1. The third kappa shape index (κ3) is 3.47. The van der Waals surface area contributed by atoms with Crippen LogP contribution < -0.4 is 0 Å². The number of carbonyl (C=O) groups is 1. The monoisotopic (exact) mass is 454 g/mol. The number of rotatable bonds is 6. The highest BCUT2D eigenvalue weighted by molar-refractivity contribution is 5.88. The summed E-state index contributed by atoms with van der Waals surface area (Å²) in [5.41, 5.74) is 0.683. The van der Waals surface area contributed by atoms with Crippen molar-refractivity contribution < 1.29 is 27.6 Å². The number of carboxylic acid groups (broad SMARTS) is 1. The molecule has 2 aromatic heterocycles. The second-order valence-electron chi connectivity index (χ2n) is 7.96. The minimum absolute atomic E-state index is 0.0487. The second-order valence-corrected chi connectivity index (χ2v) is 7.96. The molecule has 0 bridgehead atoms. The molecule has 1 N–H and O–H groups in total. The molecule has 168 valence electrons. The van der Waals surface area contributed by atoms with E-state index in [1.807, 2.05) is 31.2 Å². The van der Waals surface area contributed by atoms with Crippen LogP contribution in [0.1, 0.15) is 52.3 Å². The molecule has 1 saturated carbocycles. The van der Waals surface area contributed by atoms with Crippen molar-refractivity contribution in [3.63, 3.8) is 0 Å². The molecule has 33 heavy (non-hydrogen) atoms. The molecule has 0 aliphatic heterocycles. The molecule has 5 rings (SSSR count). The average Bonchev–Trinajstić information content (AvgIpc) is 3.22. The molecule has 1 aliphatic carbocycles. The maximum atomic E-state index is 13.9. The molecule has 4 aromatic rings. The van der Waals surface area contributed by atoms with Crippen LogP contribution in [0.3, 0.4) is 0 Å². The lowest BCUT2D eigenvalue weighted by molar-refractivity contribution is 0.0691. The molecule has 0 atom stereocenters. The summed E-state index contributed by atoms with van der Waals surface area (Å²) < 4.78 is 47.2. The summed E-state index contributed by atoms with van der Waals surface area (Å²) in [5, 5.41) is 17.2. The van der Waals surface area contributed by atoms with Gasteiger partial charge in [0.05, 0.1) is 16.7 Å². The van der Waals surface area contributed by atoms with E-state index in [0.717, 1.165) is 46.8 Å². The molecule has 0 spiro atoms. The maximum Gasteiger partial charge on any atom is 0.338 e. The highest BCUT2D eigenvalue weighted by Gasteiger charge is 2.50. The number of aromatic carboxylic acids is 1. The van der Waals surface area contributed by atoms with E-state index >= 15 is 0 Å². The minimum atomic E-state index is -2.89. The van der Waals surface area contributed by atoms with Crippen LogP contribution in [0.25, 0.3) is 17.3 Å². The van der Waals surface area contributed by atoms with Gasteiger partial charge in [0, 0.05) is 0 Å². The number of aryl methyl sites for hydroxylation is 1. The van der Waals surface area contributed by atoms with Crippen LogP contribution in [0.5, 0.6) is 0 Å². The van der Waals surface area contributed by atoms with Crippen molar-refractivity contribution in [3.8, 4) is 17.3 Å². The number of aromatic nitrogens is 4. The minimum Gasteiger partial charge on any atom is -0.478 e. The Labute approximate surface area is 185 Å². The highest BCUT2D eigenvalue weighted by Crippen LogP contribution is 2.53. The van der Waals surface area contributed by atoms with Gasteiger partial charge in [-0.1, -0.05) is 29.4 Å². The van der Waals surface area contributed by atoms with Gasteiger partial charge < -0.3 is 9.63 Å². The van der Waals surface area contributed by atoms with Crippen LogP contribution in [-0.4, -0.2) is 31.0 Å². The first-order valence-corrected chi connectivity index (χ1v) is 10.1. The van der Waals surface area contributed by atoms with Crippen LogP contribution in [0.4, 0.5) is 13.2 Å². The number of hydrogen-bond acceptors (Lipinski definition) is 5. The predicted molar refractivity (Wildman–Crippen MR) is 110 cm³/mol. The average molecular weight is 454 g/mol. The Hall–Kier alpha value is -3.95. The van der Waals surface area contributed by atoms with Gasteiger partial charge in [-0.15, -0.1) is 0 Å². The van der Waals surface area contributed by atoms with E-state index in [2.05, 4.69) is 15.2 Å². The predicted octanol–water partition coefficient (Wildman–Crippen LogP) is 5.09. The molecule has 2 heterocycles. The Balaban J connectivity index is 1.61. The van der Waals surface area contributed by atoms with Crippen LogP contribution in [-0.2, 0) is 5.41 Å². The Bertz CT molecular complexity index is 1380. The highest BCUT2D eigenvalue weighted by atomic mass is 19.3. The number of alkyl halides is 2. The fourth-order valence-electron chi connectivity index (χ4n) is 4.03. The lowest BCUT2D eigenvalue weighted by atomic mass is 9.91. The molecular formula is C23H17F3N4O3. The van der Waals surface area contributed by atoms with E-state index in [1.165, 1.54) is 6.07 Å². The number of carboxylic acids is 1. The van der Waals surface area contributed by atoms with E-state index in [9.17, 15) is 23.1 Å². The van der Waals surface area contributed by atoms with Crippen molar-refractivity contribution in [3.05, 3.63) is 82.6 Å². The summed E-state index contributed by atoms with van der Waals surface area (Å²) in [4.78, 5) is 15.8. The molecule has 1 fully saturated rings. The fourth-order valence-corrected chi connectivity index (χ4v) is 4.03. The Morgan fingerprint density at radius 2 is 1.94 bits per heavy atom. The van der Waals surface area contributed by atoms with Crippen LogP contribution in [0.15, 0.2) is 53.1 Å². The van der Waals surface area contributed by atoms with Crippen molar-refractivity contribution in [2.24, 2.45) is 0 Å². The molecule has 2 aromatic carbocycles. The first-order chi connectivity index (χ1) is 15.8. The standard InChI is InChI=1S/C23H17F3N4O3/c1-12-4-2-3-5-15(12)23(8-9-23)22-27-20(33-29-22)18-11-17(19(25)26)28-30(18)13-6-7-16(24)14(10-13)21(31)32/h2-7,10-11,19H,8-9H2,1H3,(H,31,32). The lowest BCUT2D eigenvalue weighted by Gasteiger charge is -2.13. The molecule has 10 heteroatoms. The van der Waals surface area contributed by atoms with Crippen LogP contribution >= 0.6 is 0 Å². The van der Waals surface area contributed by atoms with E-state index in [0.29, 0.717) is 5.82 Å². The van der Waals surface area contributed by atoms with Crippen molar-refractivity contribution in [2.75, 3.05) is 0 Å². The topological polar surface area (TPSA) is 94.0 Å². The summed E-state index contributed by atoms with van der Waals surface area (Å²) in [5.74, 6) is -2.07. The van der Waals surface area contributed by atoms with E-state index in [4.69, 9.17) is 4.52 Å². The largest absolute Gasteiger partial charge is 0.478 e. The van der Waals surface area contributed by atoms with Gasteiger partial charge in [-0.05, 0) is 55.2 Å². The van der Waals surface area contributed by atoms with Gasteiger partial charge in [-0.3, -0.25) is 0 Å². The Kier molecular flexibility index (Phi) is 4.80. The van der Waals surface area contributed by atoms with Gasteiger partial charge >= 0.3 is 5.97 Å². The van der Waals surface area contributed by atoms with Crippen LogP contribution in [0, 0.1) is 12.7 Å². The van der Waals surface area contributed by atoms with Crippen molar-refractivity contribution in [1.29, 1.82) is 0 Å². The van der Waals surface area contributed by atoms with Gasteiger partial charge in [-0.2, -0.15) is 10.1 Å². The maximum absolute atomic E-state index is 13.9. The number of benzene rings is 2. The van der Waals surface area contributed by atoms with Crippen molar-refractivity contribution >= 4 is 5.97 Å². The van der Waals surface area contributed by atoms with Gasteiger partial charge in [0.15, 0.2) is 5.82 Å². The number of nitrogens with zero attached hydrogens (tertiary/aromatic N) is 4. The molecule has 7 nitrogen and oxygen atoms in total. The Morgan fingerprint density at radius 1 is 1.18 bits per heavy atom.